The molecule has 0 spiro atoms. The van der Waals surface area contributed by atoms with Crippen molar-refractivity contribution in [3.63, 3.8) is 0 Å². The Kier molecular flexibility index (Phi) is 7.73. The lowest BCUT2D eigenvalue weighted by Gasteiger charge is -2.36. The van der Waals surface area contributed by atoms with E-state index in [1.54, 1.807) is 0 Å². The van der Waals surface area contributed by atoms with E-state index in [1.807, 2.05) is 23.1 Å². The quantitative estimate of drug-likeness (QED) is 0.403. The van der Waals surface area contributed by atoms with Crippen molar-refractivity contribution < 1.29 is 4.79 Å². The topological polar surface area (TPSA) is 58.1 Å². The number of anilines is 2. The molecule has 1 N–H and O–H groups in total. The number of nitrogens with zero attached hydrogens (tertiary/aromatic N) is 3. The summed E-state index contributed by atoms with van der Waals surface area (Å²) in [6.45, 7) is 11.2. The monoisotopic (exact) mass is 454 g/mol. The lowest BCUT2D eigenvalue weighted by Crippen LogP contribution is -2.45. The summed E-state index contributed by atoms with van der Waals surface area (Å²) in [5, 5.41) is 12.5. The van der Waals surface area contributed by atoms with E-state index in [1.165, 1.54) is 28.7 Å². The van der Waals surface area contributed by atoms with Crippen LogP contribution >= 0.6 is 23.1 Å². The fourth-order valence-corrected chi connectivity index (χ4v) is 4.71. The molecule has 0 radical (unpaired) electrons. The van der Waals surface area contributed by atoms with Gasteiger partial charge in [0.25, 0.3) is 0 Å². The summed E-state index contributed by atoms with van der Waals surface area (Å²) in [6.07, 6.45) is 0. The molecule has 0 bridgehead atoms. The first-order valence-electron chi connectivity index (χ1n) is 10.4. The van der Waals surface area contributed by atoms with Crippen LogP contribution in [0.1, 0.15) is 51.7 Å². The average Bonchev–Trinajstić information content (AvgIpc) is 3.18. The molecule has 0 aliphatic carbocycles. The summed E-state index contributed by atoms with van der Waals surface area (Å²) in [7, 11) is 0. The predicted molar refractivity (Wildman–Crippen MR) is 131 cm³/mol. The lowest BCUT2D eigenvalue weighted by molar-refractivity contribution is -0.133. The molecule has 1 heterocycles. The van der Waals surface area contributed by atoms with Crippen molar-refractivity contribution >= 4 is 39.8 Å². The summed E-state index contributed by atoms with van der Waals surface area (Å²) in [4.78, 5) is 14.9. The lowest BCUT2D eigenvalue weighted by atomic mass is 10.0. The second-order valence-corrected chi connectivity index (χ2v) is 10.9. The predicted octanol–water partition coefficient (Wildman–Crippen LogP) is 6.32. The zero-order valence-electron chi connectivity index (χ0n) is 18.8. The molecular weight excluding hydrogens is 424 g/mol. The molecule has 0 atom stereocenters. The van der Waals surface area contributed by atoms with Crippen molar-refractivity contribution in [3.05, 3.63) is 65.7 Å². The molecule has 0 aliphatic heterocycles. The molecule has 0 saturated carbocycles. The van der Waals surface area contributed by atoms with Gasteiger partial charge in [0.2, 0.25) is 11.0 Å². The van der Waals surface area contributed by atoms with Crippen LogP contribution in [0.5, 0.6) is 0 Å². The maximum absolute atomic E-state index is 13.0. The van der Waals surface area contributed by atoms with Crippen molar-refractivity contribution in [2.75, 3.05) is 11.1 Å². The smallest absolute Gasteiger partial charge is 0.233 e. The Morgan fingerprint density at radius 1 is 1.06 bits per heavy atom. The number of benzene rings is 2. The van der Waals surface area contributed by atoms with Gasteiger partial charge in [0.15, 0.2) is 4.34 Å². The number of aromatic nitrogens is 2. The van der Waals surface area contributed by atoms with Crippen LogP contribution in [0.15, 0.2) is 58.9 Å². The van der Waals surface area contributed by atoms with Gasteiger partial charge >= 0.3 is 0 Å². The molecule has 0 aliphatic rings. The van der Waals surface area contributed by atoms with Crippen molar-refractivity contribution in [1.82, 2.24) is 15.1 Å². The van der Waals surface area contributed by atoms with E-state index >= 15 is 0 Å². The van der Waals surface area contributed by atoms with Crippen LogP contribution in [-0.2, 0) is 11.3 Å². The molecule has 164 valence electrons. The molecule has 3 rings (SSSR count). The normalized spacial score (nSPS) is 11.5. The van der Waals surface area contributed by atoms with Gasteiger partial charge < -0.3 is 10.2 Å². The van der Waals surface area contributed by atoms with E-state index in [2.05, 4.69) is 86.5 Å². The highest BCUT2D eigenvalue weighted by molar-refractivity contribution is 8.01. The van der Waals surface area contributed by atoms with Crippen molar-refractivity contribution in [2.24, 2.45) is 0 Å². The number of thioether (sulfide) groups is 1. The average molecular weight is 455 g/mol. The minimum atomic E-state index is -0.260. The van der Waals surface area contributed by atoms with E-state index in [-0.39, 0.29) is 11.4 Å². The van der Waals surface area contributed by atoms with Crippen LogP contribution in [0.2, 0.25) is 0 Å². The first kappa shape index (κ1) is 23.3. The molecule has 1 aromatic heterocycles. The maximum Gasteiger partial charge on any atom is 0.233 e. The first-order chi connectivity index (χ1) is 14.7. The second kappa shape index (κ2) is 10.3. The molecule has 5 nitrogen and oxygen atoms in total. The first-order valence-corrected chi connectivity index (χ1v) is 12.2. The summed E-state index contributed by atoms with van der Waals surface area (Å²) < 4.78 is 0.781. The third-order valence-electron chi connectivity index (χ3n) is 4.85. The standard InChI is InChI=1S/C24H30N4OS2/c1-17(2)19-11-13-20(14-12-19)25-22-26-27-23(31-22)30-16-21(29)28(24(3,4)5)15-18-9-7-6-8-10-18/h6-14,17H,15-16H2,1-5H3,(H,25,26). The number of carbonyl (C=O) groups is 1. The van der Waals surface area contributed by atoms with Gasteiger partial charge in [-0.3, -0.25) is 4.79 Å². The molecule has 1 amide bonds. The van der Waals surface area contributed by atoms with Crippen LogP contribution in [0.4, 0.5) is 10.8 Å². The third kappa shape index (κ3) is 6.80. The van der Waals surface area contributed by atoms with Gasteiger partial charge in [0.1, 0.15) is 0 Å². The Morgan fingerprint density at radius 3 is 2.35 bits per heavy atom. The van der Waals surface area contributed by atoms with E-state index in [0.29, 0.717) is 18.2 Å². The Bertz CT molecular complexity index is 979. The van der Waals surface area contributed by atoms with Crippen LogP contribution in [0.25, 0.3) is 0 Å². The van der Waals surface area contributed by atoms with Gasteiger partial charge in [-0.1, -0.05) is 79.4 Å². The fourth-order valence-electron chi connectivity index (χ4n) is 3.06. The Hall–Kier alpha value is -2.38. The summed E-state index contributed by atoms with van der Waals surface area (Å²) in [6, 6.07) is 18.4. The third-order valence-corrected chi connectivity index (χ3v) is 6.81. The van der Waals surface area contributed by atoms with Crippen LogP contribution < -0.4 is 5.32 Å². The SMILES string of the molecule is CC(C)c1ccc(Nc2nnc(SCC(=O)N(Cc3ccccc3)C(C)(C)C)s2)cc1. The van der Waals surface area contributed by atoms with Gasteiger partial charge in [-0.05, 0) is 49.9 Å². The van der Waals surface area contributed by atoms with Crippen molar-refractivity contribution in [1.29, 1.82) is 0 Å². The van der Waals surface area contributed by atoms with Gasteiger partial charge in [-0.2, -0.15) is 0 Å². The Labute approximate surface area is 193 Å². The summed E-state index contributed by atoms with van der Waals surface area (Å²) in [5.74, 6) is 0.933. The largest absolute Gasteiger partial charge is 0.333 e. The van der Waals surface area contributed by atoms with Crippen molar-refractivity contribution in [3.8, 4) is 0 Å². The van der Waals surface area contributed by atoms with Crippen LogP contribution in [0.3, 0.4) is 0 Å². The van der Waals surface area contributed by atoms with Crippen LogP contribution in [-0.4, -0.2) is 32.3 Å². The van der Waals surface area contributed by atoms with Gasteiger partial charge in [-0.25, -0.2) is 0 Å². The van der Waals surface area contributed by atoms with Gasteiger partial charge in [0.05, 0.1) is 5.75 Å². The fraction of sp³-hybridized carbons (Fsp3) is 0.375. The Morgan fingerprint density at radius 2 is 1.74 bits per heavy atom. The number of hydrogen-bond donors (Lipinski definition) is 1. The van der Waals surface area contributed by atoms with E-state index in [0.717, 1.165) is 20.7 Å². The highest BCUT2D eigenvalue weighted by atomic mass is 32.2. The van der Waals surface area contributed by atoms with Gasteiger partial charge in [0, 0.05) is 17.8 Å². The van der Waals surface area contributed by atoms with Crippen molar-refractivity contribution in [2.45, 2.75) is 57.0 Å². The minimum absolute atomic E-state index is 0.0929. The van der Waals surface area contributed by atoms with E-state index in [9.17, 15) is 4.79 Å². The summed E-state index contributed by atoms with van der Waals surface area (Å²) in [5.41, 5.74) is 3.15. The molecule has 7 heteroatoms. The maximum atomic E-state index is 13.0. The van der Waals surface area contributed by atoms with E-state index in [4.69, 9.17) is 0 Å². The number of amides is 1. The molecular formula is C24H30N4OS2. The molecule has 31 heavy (non-hydrogen) atoms. The Balaban J connectivity index is 1.58. The molecule has 3 aromatic rings. The molecule has 2 aromatic carbocycles. The highest BCUT2D eigenvalue weighted by Gasteiger charge is 2.26. The zero-order valence-corrected chi connectivity index (χ0v) is 20.4. The molecule has 0 saturated heterocycles. The van der Waals surface area contributed by atoms with Crippen LogP contribution in [0, 0.1) is 0 Å². The highest BCUT2D eigenvalue weighted by Crippen LogP contribution is 2.29. The van der Waals surface area contributed by atoms with E-state index < -0.39 is 0 Å². The number of hydrogen-bond acceptors (Lipinski definition) is 6. The number of carbonyl (C=O) groups excluding carboxylic acids is 1. The summed E-state index contributed by atoms with van der Waals surface area (Å²) >= 11 is 2.90. The molecule has 0 unspecified atom stereocenters. The van der Waals surface area contributed by atoms with Gasteiger partial charge in [-0.15, -0.1) is 10.2 Å². The number of nitrogens with one attached hydrogen (secondary N) is 1. The minimum Gasteiger partial charge on any atom is -0.333 e. The zero-order chi connectivity index (χ0) is 22.4. The molecule has 0 fully saturated rings. The second-order valence-electron chi connectivity index (χ2n) is 8.70. The number of rotatable bonds is 8.